The van der Waals surface area contributed by atoms with Crippen molar-refractivity contribution in [2.45, 2.75) is 168 Å². The van der Waals surface area contributed by atoms with Crippen molar-refractivity contribution in [2.75, 3.05) is 0 Å². The van der Waals surface area contributed by atoms with Gasteiger partial charge in [0.15, 0.2) is 0 Å². The minimum atomic E-state index is -2.01. The molecule has 2 heterocycles. The van der Waals surface area contributed by atoms with Crippen LogP contribution in [0.15, 0.2) is 9.98 Å². The normalized spacial score (nSPS) is 24.7. The van der Waals surface area contributed by atoms with Gasteiger partial charge in [0.1, 0.15) is 11.3 Å². The first-order valence-electron chi connectivity index (χ1n) is 13.8. The average Bonchev–Trinajstić information content (AvgIpc) is 2.90. The van der Waals surface area contributed by atoms with E-state index in [4.69, 9.17) is 19.0 Å². The van der Waals surface area contributed by atoms with Crippen LogP contribution < -0.4 is 0 Å². The van der Waals surface area contributed by atoms with E-state index in [0.717, 1.165) is 12.8 Å². The maximum Gasteiger partial charge on any atom is 0.220 e. The molecule has 0 bridgehead atoms. The summed E-state index contributed by atoms with van der Waals surface area (Å²) in [7, 11) is -4.01. The van der Waals surface area contributed by atoms with E-state index in [-0.39, 0.29) is 21.2 Å². The van der Waals surface area contributed by atoms with Gasteiger partial charge in [-0.15, -0.1) is 0 Å². The molecule has 0 saturated carbocycles. The molecule has 2 rings (SSSR count). The molecule has 0 aromatic rings. The van der Waals surface area contributed by atoms with Gasteiger partial charge in [-0.25, -0.2) is 0 Å². The van der Waals surface area contributed by atoms with Crippen LogP contribution in [0.3, 0.4) is 0 Å². The topological polar surface area (TPSA) is 49.7 Å². The second-order valence-corrected chi connectivity index (χ2v) is 25.4. The van der Waals surface area contributed by atoms with Crippen LogP contribution in [0.1, 0.15) is 110 Å². The Kier molecular flexibility index (Phi) is 8.03. The summed E-state index contributed by atoms with van der Waals surface area (Å²) in [5.74, 6) is 0. The number of hydroxylamine groups is 4. The van der Waals surface area contributed by atoms with Gasteiger partial charge in [-0.3, -0.25) is 9.98 Å². The van der Waals surface area contributed by atoms with E-state index in [1.54, 1.807) is 0 Å². The molecule has 8 heteroatoms. The molecular formula is C28H58N4O2Si2. The third-order valence-electron chi connectivity index (χ3n) is 9.09. The lowest BCUT2D eigenvalue weighted by Gasteiger charge is -2.47. The summed E-state index contributed by atoms with van der Waals surface area (Å²) in [5, 5.41) is 4.63. The Morgan fingerprint density at radius 3 is 1.06 bits per heavy atom. The molecule has 0 aliphatic carbocycles. The molecule has 0 atom stereocenters. The quantitative estimate of drug-likeness (QED) is 0.307. The van der Waals surface area contributed by atoms with Gasteiger partial charge in [-0.1, -0.05) is 41.5 Å². The van der Waals surface area contributed by atoms with Gasteiger partial charge >= 0.3 is 0 Å². The molecule has 6 nitrogen and oxygen atoms in total. The predicted octanol–water partition coefficient (Wildman–Crippen LogP) is 8.18. The molecular weight excluding hydrogens is 481 g/mol. The average molecular weight is 539 g/mol. The highest BCUT2D eigenvalue weighted by Gasteiger charge is 2.55. The minimum absolute atomic E-state index is 0.129. The summed E-state index contributed by atoms with van der Waals surface area (Å²) in [6.45, 7) is 40.7. The van der Waals surface area contributed by atoms with Crippen molar-refractivity contribution in [1.29, 1.82) is 0 Å². The van der Waals surface area contributed by atoms with Crippen molar-refractivity contribution in [1.82, 2.24) is 10.1 Å². The van der Waals surface area contributed by atoms with Crippen molar-refractivity contribution in [3.05, 3.63) is 0 Å². The van der Waals surface area contributed by atoms with Crippen LogP contribution >= 0.6 is 0 Å². The van der Waals surface area contributed by atoms with Gasteiger partial charge in [0.05, 0.1) is 11.1 Å². The maximum atomic E-state index is 6.88. The van der Waals surface area contributed by atoms with Gasteiger partial charge in [0, 0.05) is 11.4 Å². The number of hydrogen-bond acceptors (Lipinski definition) is 6. The minimum Gasteiger partial charge on any atom is -0.339 e. The number of hydrogen-bond donors (Lipinski definition) is 0. The van der Waals surface area contributed by atoms with Gasteiger partial charge in [-0.2, -0.15) is 10.1 Å². The van der Waals surface area contributed by atoms with Crippen LogP contribution in [-0.2, 0) is 9.05 Å². The van der Waals surface area contributed by atoms with Crippen LogP contribution in [0.2, 0.25) is 36.3 Å². The second-order valence-electron chi connectivity index (χ2n) is 16.0. The van der Waals surface area contributed by atoms with Gasteiger partial charge < -0.3 is 9.05 Å². The molecule has 0 spiro atoms. The summed E-state index contributed by atoms with van der Waals surface area (Å²) in [6, 6.07) is 0. The van der Waals surface area contributed by atoms with Crippen molar-refractivity contribution < 1.29 is 9.05 Å². The lowest BCUT2D eigenvalue weighted by Crippen LogP contribution is -2.59. The zero-order chi connectivity index (χ0) is 28.6. The van der Waals surface area contributed by atoms with Crippen LogP contribution in [0.25, 0.3) is 0 Å². The second kappa shape index (κ2) is 9.08. The molecule has 2 aliphatic heterocycles. The first-order valence-corrected chi connectivity index (χ1v) is 19.6. The molecule has 0 saturated heterocycles. The lowest BCUT2D eigenvalue weighted by atomic mass is 9.89. The molecule has 0 amide bonds. The van der Waals surface area contributed by atoms with E-state index in [1.165, 1.54) is 11.4 Å². The van der Waals surface area contributed by atoms with Crippen molar-refractivity contribution in [3.63, 3.8) is 0 Å². The van der Waals surface area contributed by atoms with Gasteiger partial charge in [-0.05, 0) is 104 Å². The Bertz CT molecular complexity index is 829. The highest BCUT2D eigenvalue weighted by atomic mass is 28.4. The Morgan fingerprint density at radius 1 is 0.583 bits per heavy atom. The van der Waals surface area contributed by atoms with E-state index >= 15 is 0 Å². The Morgan fingerprint density at radius 2 is 0.833 bits per heavy atom. The largest absolute Gasteiger partial charge is 0.339 e. The summed E-state index contributed by atoms with van der Waals surface area (Å²) >= 11 is 0. The number of aliphatic imine (C=N–C) groups is 2. The molecule has 0 fully saturated rings. The monoisotopic (exact) mass is 538 g/mol. The molecule has 36 heavy (non-hydrogen) atoms. The van der Waals surface area contributed by atoms with Crippen LogP contribution in [0.4, 0.5) is 0 Å². The van der Waals surface area contributed by atoms with Crippen molar-refractivity contribution in [3.8, 4) is 0 Å². The standard InChI is InChI=1S/C28H58N4O2Si2/c1-23(2,3)35(15,16)33-31-25(7,8)21(29-27(31,11)12)19-20-22-26(9,10)32(28(13,14)30-22)34-36(17,18)24(4,5)6/h19-20H2,1-18H3. The fraction of sp³-hybridized carbons (Fsp3) is 0.929. The van der Waals surface area contributed by atoms with E-state index in [2.05, 4.69) is 133 Å². The van der Waals surface area contributed by atoms with E-state index < -0.39 is 28.0 Å². The van der Waals surface area contributed by atoms with Crippen molar-refractivity contribution >= 4 is 28.1 Å². The summed E-state index contributed by atoms with van der Waals surface area (Å²) in [4.78, 5) is 10.4. The predicted molar refractivity (Wildman–Crippen MR) is 161 cm³/mol. The zero-order valence-corrected chi connectivity index (χ0v) is 29.0. The third kappa shape index (κ3) is 5.79. The molecule has 2 aliphatic rings. The lowest BCUT2D eigenvalue weighted by molar-refractivity contribution is -0.172. The molecule has 0 N–H and O–H groups in total. The summed E-state index contributed by atoms with van der Waals surface area (Å²) in [5.41, 5.74) is 0.998. The fourth-order valence-electron chi connectivity index (χ4n) is 4.77. The van der Waals surface area contributed by atoms with Crippen LogP contribution in [0.5, 0.6) is 0 Å². The smallest absolute Gasteiger partial charge is 0.220 e. The summed E-state index contributed by atoms with van der Waals surface area (Å²) in [6.07, 6.45) is 1.72. The molecule has 0 aromatic heterocycles. The van der Waals surface area contributed by atoms with E-state index in [0.29, 0.717) is 0 Å². The van der Waals surface area contributed by atoms with E-state index in [1.807, 2.05) is 0 Å². The molecule has 0 radical (unpaired) electrons. The van der Waals surface area contributed by atoms with Crippen LogP contribution in [-0.4, -0.2) is 60.6 Å². The SMILES string of the molecule is CC1(C)N=C(CCC2=NC(C)(C)N(O[Si](C)(C)C(C)(C)C)C2(C)C)C(C)(C)N1O[Si](C)(C)C(C)(C)C. The number of nitrogens with zero attached hydrogens (tertiary/aromatic N) is 4. The van der Waals surface area contributed by atoms with Crippen molar-refractivity contribution in [2.24, 2.45) is 9.98 Å². The Balaban J connectivity index is 2.27. The molecule has 0 aromatic carbocycles. The maximum absolute atomic E-state index is 6.88. The Labute approximate surface area is 225 Å². The molecule has 0 unspecified atom stereocenters. The molecule has 210 valence electrons. The third-order valence-corrected chi connectivity index (χ3v) is 17.6. The van der Waals surface area contributed by atoms with Gasteiger partial charge in [0.25, 0.3) is 0 Å². The highest BCUT2D eigenvalue weighted by Crippen LogP contribution is 2.46. The highest BCUT2D eigenvalue weighted by molar-refractivity contribution is 6.74. The van der Waals surface area contributed by atoms with Crippen LogP contribution in [0, 0.1) is 0 Å². The number of rotatable bonds is 7. The van der Waals surface area contributed by atoms with E-state index in [9.17, 15) is 0 Å². The first-order chi connectivity index (χ1) is 15.6. The zero-order valence-electron chi connectivity index (χ0n) is 27.0. The Hall–Kier alpha value is -0.386. The fourth-order valence-corrected chi connectivity index (χ4v) is 7.13. The van der Waals surface area contributed by atoms with Gasteiger partial charge in [0.2, 0.25) is 16.6 Å². The first kappa shape index (κ1) is 31.8. The summed E-state index contributed by atoms with van der Waals surface area (Å²) < 4.78 is 13.8.